The lowest BCUT2D eigenvalue weighted by Gasteiger charge is -2.27. The molecule has 4 N–H and O–H groups in total. The Labute approximate surface area is 879 Å². The minimum absolute atomic E-state index is 0.0280. The lowest BCUT2D eigenvalue weighted by molar-refractivity contribution is -0.385. The molecule has 9 aromatic carbocycles. The number of Topliss-reactive ketones (excluding diaryl/α,β-unsaturated/α-hetero) is 1. The number of thioether (sulfide) groups is 2. The summed E-state index contributed by atoms with van der Waals surface area (Å²) in [6.07, 6.45) is 14.9. The van der Waals surface area contributed by atoms with Crippen LogP contribution in [0, 0.1) is 29.4 Å². The van der Waals surface area contributed by atoms with Crippen molar-refractivity contribution in [2.45, 2.75) is 225 Å². The Morgan fingerprint density at radius 1 is 0.637 bits per heavy atom. The number of hydrazone groups is 1. The van der Waals surface area contributed by atoms with Gasteiger partial charge in [-0.05, 0) is 217 Å². The average molecular weight is 2120 g/mol. The zero-order chi connectivity index (χ0) is 105. The van der Waals surface area contributed by atoms with Crippen molar-refractivity contribution in [1.29, 1.82) is 0 Å². The van der Waals surface area contributed by atoms with Crippen LogP contribution >= 0.6 is 81.5 Å². The number of rotatable bonds is 39. The number of halogens is 5. The predicted octanol–water partition coefficient (Wildman–Crippen LogP) is 22.9. The number of benzene rings is 9. The molecule has 0 saturated carbocycles. The highest BCUT2D eigenvalue weighted by molar-refractivity contribution is 8.13. The summed E-state index contributed by atoms with van der Waals surface area (Å²) in [6.45, 7) is 23.1. The fourth-order valence-corrected chi connectivity index (χ4v) is 19.0. The van der Waals surface area contributed by atoms with E-state index in [4.69, 9.17) is 82.3 Å². The van der Waals surface area contributed by atoms with Crippen LogP contribution in [0.3, 0.4) is 0 Å². The van der Waals surface area contributed by atoms with E-state index in [2.05, 4.69) is 107 Å². The average Bonchev–Trinajstić information content (AvgIpc) is 1.59. The molecule has 12 aromatic rings. The zero-order valence-corrected chi connectivity index (χ0v) is 88.3. The van der Waals surface area contributed by atoms with Crippen LogP contribution in [0.25, 0.3) is 16.7 Å². The number of tetrazole rings is 2. The van der Waals surface area contributed by atoms with E-state index < -0.39 is 62.6 Å². The van der Waals surface area contributed by atoms with Gasteiger partial charge in [0.05, 0.1) is 65.4 Å². The lowest BCUT2D eigenvalue weighted by Crippen LogP contribution is -2.45. The first-order chi connectivity index (χ1) is 70.0. The summed E-state index contributed by atoms with van der Waals surface area (Å²) in [4.78, 5) is 127. The molecule has 0 radical (unpaired) electrons. The first-order valence-corrected chi connectivity index (χ1v) is 51.8. The van der Waals surface area contributed by atoms with Gasteiger partial charge in [-0.2, -0.15) is 14.8 Å². The van der Waals surface area contributed by atoms with Crippen LogP contribution in [-0.2, 0) is 47.8 Å². The summed E-state index contributed by atoms with van der Waals surface area (Å²) >= 11 is 34.3. The Balaban J connectivity index is 0.000000186. The number of nitro groups is 1. The number of hydrogen-bond donors (Lipinski definition) is 4. The van der Waals surface area contributed by atoms with E-state index >= 15 is 0 Å². The molecule has 146 heavy (non-hydrogen) atoms. The van der Waals surface area contributed by atoms with Gasteiger partial charge in [-0.25, -0.2) is 24.2 Å². The minimum Gasteiger partial charge on any atom is -0.480 e. The van der Waals surface area contributed by atoms with Crippen molar-refractivity contribution < 1.29 is 57.5 Å². The van der Waals surface area contributed by atoms with E-state index in [9.17, 15) is 48.5 Å². The maximum Gasteiger partial charge on any atom is 0.343 e. The van der Waals surface area contributed by atoms with E-state index in [0.29, 0.717) is 69.1 Å². The maximum absolute atomic E-state index is 14.4. The van der Waals surface area contributed by atoms with Gasteiger partial charge in [-0.1, -0.05) is 249 Å². The van der Waals surface area contributed by atoms with Crippen molar-refractivity contribution in [1.82, 2.24) is 70.6 Å². The number of aryl methyl sites for hydroxylation is 3. The zero-order valence-electron chi connectivity index (χ0n) is 82.9. The number of ether oxygens (including phenoxy) is 3. The maximum atomic E-state index is 14.4. The van der Waals surface area contributed by atoms with Crippen LogP contribution in [0.5, 0.6) is 17.2 Å². The molecule has 2 fully saturated rings. The van der Waals surface area contributed by atoms with Crippen molar-refractivity contribution in [3.63, 3.8) is 0 Å². The number of non-ortho nitro benzene ring substituents is 1. The summed E-state index contributed by atoms with van der Waals surface area (Å²) in [5.41, 5.74) is 9.31. The fourth-order valence-electron chi connectivity index (χ4n) is 15.9. The summed E-state index contributed by atoms with van der Waals surface area (Å²) in [5.74, 6) is -1.13. The number of aliphatic imine (C=N–C) groups is 1. The summed E-state index contributed by atoms with van der Waals surface area (Å²) in [5, 5.41) is 60.1. The van der Waals surface area contributed by atoms with Crippen molar-refractivity contribution in [2.24, 2.45) is 22.6 Å². The monoisotopic (exact) mass is 2120 g/mol. The number of nitrogens with zero attached hydrogens (tertiary/aromatic N) is 18. The van der Waals surface area contributed by atoms with Crippen molar-refractivity contribution in [2.75, 3.05) is 45.6 Å². The number of unbranched alkanes of at least 4 members (excludes halogenated alkanes) is 10. The van der Waals surface area contributed by atoms with Gasteiger partial charge in [-0.15, -0.1) is 15.3 Å². The first kappa shape index (κ1) is 110. The molecule has 42 heteroatoms. The highest BCUT2D eigenvalue weighted by atomic mass is 35.5. The molecule has 6 heterocycles. The molecule has 35 nitrogen and oxygen atoms in total. The van der Waals surface area contributed by atoms with Crippen LogP contribution in [0.15, 0.2) is 208 Å². The Kier molecular flexibility index (Phi) is 38.4. The second-order valence-electron chi connectivity index (χ2n) is 36.7. The highest BCUT2D eigenvalue weighted by Crippen LogP contribution is 2.43. The number of para-hydroxylation sites is 2. The quantitative estimate of drug-likeness (QED) is 0.00529. The van der Waals surface area contributed by atoms with Crippen LogP contribution in [0.4, 0.5) is 44.6 Å². The van der Waals surface area contributed by atoms with Crippen LogP contribution in [-0.4, -0.2) is 165 Å². The number of amidine groups is 2. The van der Waals surface area contributed by atoms with E-state index in [0.717, 1.165) is 85.2 Å². The number of carbonyl (C=O) groups is 8. The first-order valence-electron chi connectivity index (χ1n) is 48.2. The number of fused-ring (bicyclic) bond motifs is 1. The molecule has 0 aliphatic carbocycles. The smallest absolute Gasteiger partial charge is 0.343 e. The number of esters is 1. The number of carbonyl (C=O) groups excluding carboxylic acids is 8. The van der Waals surface area contributed by atoms with Crippen LogP contribution in [0.1, 0.15) is 204 Å². The largest absolute Gasteiger partial charge is 0.480 e. The van der Waals surface area contributed by atoms with Crippen LogP contribution in [0.2, 0.25) is 25.1 Å². The van der Waals surface area contributed by atoms with Gasteiger partial charge < -0.3 is 40.0 Å². The molecule has 4 unspecified atom stereocenters. The third-order valence-electron chi connectivity index (χ3n) is 24.5. The molecule has 766 valence electrons. The summed E-state index contributed by atoms with van der Waals surface area (Å²) in [6, 6.07) is 51.7. The number of hydrazine groups is 1. The number of ketones is 1. The summed E-state index contributed by atoms with van der Waals surface area (Å²) < 4.78 is 22.1. The third-order valence-corrected chi connectivity index (χ3v) is 28.0. The number of aromatic nitrogens is 11. The third kappa shape index (κ3) is 28.5. The molecule has 3 aliphatic rings. The van der Waals surface area contributed by atoms with E-state index in [1.807, 2.05) is 63.2 Å². The fraction of sp³-hybridized carbons (Fsp3) is 0.365. The second kappa shape index (κ2) is 51.1. The Morgan fingerprint density at radius 2 is 1.29 bits per heavy atom. The summed E-state index contributed by atoms with van der Waals surface area (Å²) in [7, 11) is 1.58. The lowest BCUT2D eigenvalue weighted by atomic mass is 9.81. The highest BCUT2D eigenvalue weighted by Gasteiger charge is 2.46. The Bertz CT molecular complexity index is 6740. The van der Waals surface area contributed by atoms with E-state index in [-0.39, 0.29) is 106 Å². The molecule has 15 rings (SSSR count). The van der Waals surface area contributed by atoms with E-state index in [1.165, 1.54) is 124 Å². The standard InChI is InChI=1S/C42H43Cl4N7O4.C36H42N8O3S.C26H30ClN7O6S/c1-2-3-4-5-6-7-8-9-10-11-15-18-37(54)47-29-20-21-31(44)35(26-29)48-40-39(41(55)53(50-40)38-32(45)24-28(43)25-33(38)46)52-36-23-27(19-22-34(36)49-51-52)42(56)57-30-16-13-12-14-17-30;1-6-29(47-30-20-15-25(23-24(30)3)36(4,5)7-2)33(45)37-26-16-18-28(19-17-26)43-34(46)31(32(39-43)42-21-11-12-22-42)48-35-38-40-41-44(35)27-13-9-8-10-14-27;1-7-33(25(37)41-24-29-30-31-32(24)6)14-16-13-17(34(38)39)9-11-20(16)40-21(22(35)26(3,4)5)23(36)28-19-12-15(2)8-10-18(19)27/h12-14,16-17,19-26,39H,2-11,15,18H2,1H3,(H,47,54)(H,48,50);8-10,13-20,23,29,31H,6-7,11-12,21-22H2,1-5H3,(H,37,45);8-13,21H,7,14H2,1-6H3,(H,28,36). The number of nitrogens with one attached hydrogen (secondary N) is 4. The molecular formula is C104H115Cl5N22O13S2. The molecule has 6 amide bonds. The van der Waals surface area contributed by atoms with Gasteiger partial charge in [0.25, 0.3) is 34.6 Å². The minimum atomic E-state index is -1.63. The SMILES string of the molecule is CCC(Oc1ccc(C(C)(C)CC)cc1C)C(=O)Nc1ccc(N2N=C(N3CCCC3)C(Sc3nnnn3-c3ccccc3)C2=O)cc1.CCCCCCCCCCCCCC(=O)Nc1ccc(Cl)c(N=C2NN(c3c(Cl)cc(Cl)cc3Cl)C(=O)C2n2nnc3ccc(C(=O)Oc4ccccc4)cc32)c1.CCN(Cc1cc([N+](=O)[O-])ccc1OC(C(=O)Nc1cc(C)ccc1Cl)C(=O)C(C)(C)C)C(=O)Sc1nnnn1C. The molecule has 0 bridgehead atoms. The molecule has 0 spiro atoms. The van der Waals surface area contributed by atoms with Crippen LogP contribution < -0.4 is 45.6 Å². The van der Waals surface area contributed by atoms with Crippen molar-refractivity contribution >= 4 is 191 Å². The van der Waals surface area contributed by atoms with Crippen molar-refractivity contribution in [3.8, 4) is 22.9 Å². The normalized spacial score (nSPS) is 14.7. The Hall–Kier alpha value is -13.4. The number of hydrogen-bond acceptors (Lipinski definition) is 26. The van der Waals surface area contributed by atoms with Crippen molar-refractivity contribution in [3.05, 3.63) is 251 Å². The molecule has 3 aliphatic heterocycles. The van der Waals surface area contributed by atoms with Gasteiger partial charge in [0.2, 0.25) is 22.3 Å². The Morgan fingerprint density at radius 3 is 1.93 bits per heavy atom. The molecular weight excluding hydrogens is 2010 g/mol. The van der Waals surface area contributed by atoms with Gasteiger partial charge in [-0.3, -0.25) is 49.1 Å². The molecule has 3 aromatic heterocycles. The number of likely N-dealkylation sites (tertiary alicyclic amines) is 1. The molecule has 4 atom stereocenters. The topological polar surface area (TPSA) is 411 Å². The molecule has 2 saturated heterocycles. The van der Waals surface area contributed by atoms with Gasteiger partial charge in [0.1, 0.15) is 34.3 Å². The van der Waals surface area contributed by atoms with E-state index in [1.54, 1.807) is 136 Å². The second-order valence-corrected chi connectivity index (χ2v) is 40.8. The number of amides is 6. The van der Waals surface area contributed by atoms with Gasteiger partial charge in [0.15, 0.2) is 29.0 Å². The van der Waals surface area contributed by atoms with Gasteiger partial charge in [0, 0.05) is 84.4 Å². The van der Waals surface area contributed by atoms with Gasteiger partial charge >= 0.3 is 5.97 Å². The number of anilines is 5. The number of nitro benzene ring substituents is 1. The predicted molar refractivity (Wildman–Crippen MR) is 570 cm³/mol.